The van der Waals surface area contributed by atoms with Crippen LogP contribution in [0.15, 0.2) is 0 Å². The normalized spacial score (nSPS) is 49.3. The molecule has 1 N–H and O–H groups in total. The van der Waals surface area contributed by atoms with Crippen LogP contribution in [0, 0.1) is 78.8 Å². The molecule has 2 heterocycles. The molecule has 9 aliphatic rings. The largest absolute Gasteiger partial charge is 0.481 e. The lowest BCUT2D eigenvalue weighted by Crippen LogP contribution is -2.71. The van der Waals surface area contributed by atoms with E-state index in [-0.39, 0.29) is 50.5 Å². The standard InChI is InChI=1S/C51H83N3O5/c1-44(2)36(41(55)56)29-37(44)42(57)59-39-17-19-48(7)38(45(39,3)4)16-21-49(8)47(6)25-26-51(22-15-34(46(5)23-24-46)40(51)35(47)14-20-50(48,49)9)43(58)54-27-12-13-33(54)31-53-28-18-32(30-53)52(10)11/h32-40H,12-31H2,1-11H3,(H,55,56)/t32-,33-,34+,35+,36-,37+,38-,39-,40+,47+,48-,49-,50+,51-/m0/s1. The van der Waals surface area contributed by atoms with Gasteiger partial charge < -0.3 is 19.6 Å². The highest BCUT2D eigenvalue weighted by atomic mass is 16.5. The van der Waals surface area contributed by atoms with Crippen LogP contribution in [0.3, 0.4) is 0 Å². The molecule has 0 aromatic rings. The SMILES string of the molecule is CN(C)[C@H]1CCN(C[C@@H]2CCCN2C(=O)[C@]23CC[C@@H](C4(C)CC4)[C@@H]2[C@H]2CC[C@@]4(C)[C@@](C)(CC[C@H]5C(C)(C)[C@@H](OC(=O)[C@H]6C[C@@H](C(=O)O)C6(C)C)CC[C@@]54C)[C@]2(C)CC3)C1. The molecule has 332 valence electrons. The highest BCUT2D eigenvalue weighted by molar-refractivity contribution is 5.84. The maximum absolute atomic E-state index is 15.7. The van der Waals surface area contributed by atoms with E-state index in [0.717, 1.165) is 71.1 Å². The molecule has 0 aromatic carbocycles. The summed E-state index contributed by atoms with van der Waals surface area (Å²) in [7, 11) is 4.44. The summed E-state index contributed by atoms with van der Waals surface area (Å²) in [4.78, 5) is 48.8. The summed E-state index contributed by atoms with van der Waals surface area (Å²) in [6, 6.07) is 0.993. The number of ether oxygens (including phenoxy) is 1. The number of carboxylic acid groups (broad SMARTS) is 1. The number of likely N-dealkylation sites (tertiary alicyclic amines) is 2. The molecule has 2 aliphatic heterocycles. The Bertz CT molecular complexity index is 1720. The molecule has 0 radical (unpaired) electrons. The van der Waals surface area contributed by atoms with Crippen LogP contribution in [-0.2, 0) is 19.1 Å². The monoisotopic (exact) mass is 818 g/mol. The quantitative estimate of drug-likeness (QED) is 0.244. The molecule has 8 heteroatoms. The van der Waals surface area contributed by atoms with Gasteiger partial charge in [0.1, 0.15) is 6.10 Å². The second-order valence-corrected chi connectivity index (χ2v) is 25.5. The molecule has 2 saturated heterocycles. The zero-order chi connectivity index (χ0) is 42.5. The number of rotatable bonds is 8. The molecular weight excluding hydrogens is 735 g/mol. The predicted octanol–water partition coefficient (Wildman–Crippen LogP) is 9.54. The van der Waals surface area contributed by atoms with Gasteiger partial charge in [-0.2, -0.15) is 0 Å². The summed E-state index contributed by atoms with van der Waals surface area (Å²) in [5.74, 6) is 0.901. The van der Waals surface area contributed by atoms with Crippen molar-refractivity contribution in [3.05, 3.63) is 0 Å². The maximum Gasteiger partial charge on any atom is 0.309 e. The number of carboxylic acids is 1. The second kappa shape index (κ2) is 13.7. The molecule has 0 aromatic heterocycles. The highest BCUT2D eigenvalue weighted by Gasteiger charge is 2.77. The van der Waals surface area contributed by atoms with Crippen molar-refractivity contribution in [3.8, 4) is 0 Å². The van der Waals surface area contributed by atoms with Crippen LogP contribution in [0.5, 0.6) is 0 Å². The van der Waals surface area contributed by atoms with Crippen LogP contribution in [0.1, 0.15) is 165 Å². The Morgan fingerprint density at radius 2 is 1.37 bits per heavy atom. The summed E-state index contributed by atoms with van der Waals surface area (Å²) >= 11 is 0. The van der Waals surface area contributed by atoms with E-state index in [0.29, 0.717) is 53.5 Å². The van der Waals surface area contributed by atoms with Crippen molar-refractivity contribution >= 4 is 17.8 Å². The van der Waals surface area contributed by atoms with Gasteiger partial charge in [-0.05, 0) is 180 Å². The molecule has 0 spiro atoms. The van der Waals surface area contributed by atoms with Gasteiger partial charge in [0, 0.05) is 37.1 Å². The van der Waals surface area contributed by atoms with Crippen LogP contribution in [0.4, 0.5) is 0 Å². The number of amides is 1. The minimum atomic E-state index is -0.804. The van der Waals surface area contributed by atoms with Gasteiger partial charge in [-0.25, -0.2) is 0 Å². The predicted molar refractivity (Wildman–Crippen MR) is 232 cm³/mol. The Morgan fingerprint density at radius 1 is 0.695 bits per heavy atom. The molecule has 9 fully saturated rings. The maximum atomic E-state index is 15.7. The van der Waals surface area contributed by atoms with Gasteiger partial charge in [-0.1, -0.05) is 62.3 Å². The first-order valence-electron chi connectivity index (χ1n) is 24.6. The first kappa shape index (κ1) is 42.6. The summed E-state index contributed by atoms with van der Waals surface area (Å²) in [6.07, 6.45) is 17.8. The fraction of sp³-hybridized carbons (Fsp3) is 0.941. The number of fused-ring (bicyclic) bond motifs is 7. The number of aliphatic carboxylic acids is 1. The summed E-state index contributed by atoms with van der Waals surface area (Å²) in [6.45, 7) is 26.3. The van der Waals surface area contributed by atoms with Gasteiger partial charge in [-0.3, -0.25) is 19.3 Å². The van der Waals surface area contributed by atoms with Gasteiger partial charge in [0.15, 0.2) is 0 Å². The van der Waals surface area contributed by atoms with Crippen molar-refractivity contribution in [2.24, 2.45) is 78.8 Å². The Hall–Kier alpha value is -1.67. The van der Waals surface area contributed by atoms with Crippen LogP contribution in [0.2, 0.25) is 0 Å². The van der Waals surface area contributed by atoms with Crippen LogP contribution < -0.4 is 0 Å². The Morgan fingerprint density at radius 3 is 2.02 bits per heavy atom. The average Bonchev–Trinajstić information content (AvgIpc) is 3.52. The topological polar surface area (TPSA) is 90.4 Å². The van der Waals surface area contributed by atoms with Gasteiger partial charge >= 0.3 is 11.9 Å². The average molecular weight is 818 g/mol. The third-order valence-electron chi connectivity index (χ3n) is 22.9. The third kappa shape index (κ3) is 5.73. The molecule has 14 atom stereocenters. The van der Waals surface area contributed by atoms with Crippen molar-refractivity contribution in [1.82, 2.24) is 14.7 Å². The minimum Gasteiger partial charge on any atom is -0.481 e. The van der Waals surface area contributed by atoms with Gasteiger partial charge in [-0.15, -0.1) is 0 Å². The smallest absolute Gasteiger partial charge is 0.309 e. The molecule has 7 aliphatic carbocycles. The molecule has 7 saturated carbocycles. The third-order valence-corrected chi connectivity index (χ3v) is 22.9. The van der Waals surface area contributed by atoms with E-state index < -0.39 is 17.3 Å². The molecule has 1 amide bonds. The van der Waals surface area contributed by atoms with Crippen molar-refractivity contribution in [3.63, 3.8) is 0 Å². The van der Waals surface area contributed by atoms with Crippen molar-refractivity contribution in [2.75, 3.05) is 40.3 Å². The number of carbonyl (C=O) groups excluding carboxylic acids is 2. The summed E-state index contributed by atoms with van der Waals surface area (Å²) < 4.78 is 6.53. The Kier molecular flexibility index (Phi) is 9.87. The number of likely N-dealkylation sites (N-methyl/N-ethyl adjacent to an activating group) is 1. The molecular formula is C51H83N3O5. The van der Waals surface area contributed by atoms with Crippen molar-refractivity contribution in [1.29, 1.82) is 0 Å². The molecule has 9 rings (SSSR count). The van der Waals surface area contributed by atoms with E-state index in [4.69, 9.17) is 4.74 Å². The molecule has 8 nitrogen and oxygen atoms in total. The molecule has 0 unspecified atom stereocenters. The zero-order valence-electron chi connectivity index (χ0n) is 39.3. The second-order valence-electron chi connectivity index (χ2n) is 25.5. The van der Waals surface area contributed by atoms with E-state index in [1.165, 1.54) is 51.4 Å². The van der Waals surface area contributed by atoms with Gasteiger partial charge in [0.2, 0.25) is 5.91 Å². The number of nitrogens with zero attached hydrogens (tertiary/aromatic N) is 3. The Labute approximate surface area is 358 Å². The number of hydrogen-bond acceptors (Lipinski definition) is 6. The van der Waals surface area contributed by atoms with E-state index in [2.05, 4.69) is 77.3 Å². The lowest BCUT2D eigenvalue weighted by atomic mass is 9.27. The fourth-order valence-corrected chi connectivity index (χ4v) is 18.1. The summed E-state index contributed by atoms with van der Waals surface area (Å²) in [5.41, 5.74) is 0.00361. The van der Waals surface area contributed by atoms with E-state index in [9.17, 15) is 14.7 Å². The first-order valence-corrected chi connectivity index (χ1v) is 24.6. The molecule has 59 heavy (non-hydrogen) atoms. The van der Waals surface area contributed by atoms with Crippen LogP contribution >= 0.6 is 0 Å². The van der Waals surface area contributed by atoms with Crippen LogP contribution in [-0.4, -0.2) is 96.1 Å². The van der Waals surface area contributed by atoms with E-state index >= 15 is 4.79 Å². The van der Waals surface area contributed by atoms with E-state index in [1.54, 1.807) is 0 Å². The zero-order valence-corrected chi connectivity index (χ0v) is 39.3. The lowest BCUT2D eigenvalue weighted by Gasteiger charge is -2.77. The van der Waals surface area contributed by atoms with E-state index in [1.807, 2.05) is 13.8 Å². The number of carbonyl (C=O) groups is 3. The minimum absolute atomic E-state index is 0.108. The lowest BCUT2D eigenvalue weighted by molar-refractivity contribution is -0.293. The number of esters is 1. The van der Waals surface area contributed by atoms with Crippen molar-refractivity contribution in [2.45, 2.75) is 183 Å². The number of hydrogen-bond donors (Lipinski definition) is 1. The first-order chi connectivity index (χ1) is 27.5. The molecule has 0 bridgehead atoms. The summed E-state index contributed by atoms with van der Waals surface area (Å²) in [5, 5.41) is 9.74. The van der Waals surface area contributed by atoms with Gasteiger partial charge in [0.05, 0.1) is 17.3 Å². The highest BCUT2D eigenvalue weighted by Crippen LogP contribution is 2.82. The fourth-order valence-electron chi connectivity index (χ4n) is 18.1. The Balaban J connectivity index is 0.975. The van der Waals surface area contributed by atoms with Gasteiger partial charge in [0.25, 0.3) is 0 Å². The van der Waals surface area contributed by atoms with Crippen LogP contribution in [0.25, 0.3) is 0 Å². The van der Waals surface area contributed by atoms with Crippen molar-refractivity contribution < 1.29 is 24.2 Å².